The number of ketones is 1. The van der Waals surface area contributed by atoms with E-state index in [1.54, 1.807) is 35.1 Å². The third-order valence-corrected chi connectivity index (χ3v) is 3.04. The molecule has 0 radical (unpaired) electrons. The smallest absolute Gasteiger partial charge is 0.214 e. The number of carbonyl (C=O) groups is 1. The zero-order valence-electron chi connectivity index (χ0n) is 11.1. The average molecular weight is 279 g/mol. The molecule has 0 saturated heterocycles. The molecule has 0 N–H and O–H groups in total. The first-order valence-electron chi connectivity index (χ1n) is 5.96. The third kappa shape index (κ3) is 2.63. The minimum atomic E-state index is -0.125. The molecular weight excluding hydrogens is 264 g/mol. The number of halogens is 1. The molecule has 1 heterocycles. The highest BCUT2D eigenvalue weighted by Gasteiger charge is 2.22. The van der Waals surface area contributed by atoms with Crippen LogP contribution in [-0.4, -0.2) is 22.7 Å². The Labute approximate surface area is 116 Å². The lowest BCUT2D eigenvalue weighted by Crippen LogP contribution is -2.14. The highest BCUT2D eigenvalue weighted by Crippen LogP contribution is 2.24. The topological polar surface area (TPSA) is 44.1 Å². The van der Waals surface area contributed by atoms with Crippen LogP contribution in [0.15, 0.2) is 30.5 Å². The summed E-state index contributed by atoms with van der Waals surface area (Å²) >= 11 is 5.83. The number of benzene rings is 1. The van der Waals surface area contributed by atoms with E-state index in [0.717, 1.165) is 0 Å². The molecule has 0 amide bonds. The summed E-state index contributed by atoms with van der Waals surface area (Å²) in [6.45, 7) is 3.93. The van der Waals surface area contributed by atoms with Crippen molar-refractivity contribution in [3.63, 3.8) is 0 Å². The molecule has 0 unspecified atom stereocenters. The largest absolute Gasteiger partial charge is 0.493 e. The van der Waals surface area contributed by atoms with Gasteiger partial charge in [0.1, 0.15) is 0 Å². The van der Waals surface area contributed by atoms with E-state index in [4.69, 9.17) is 16.3 Å². The highest BCUT2D eigenvalue weighted by molar-refractivity contribution is 6.30. The first-order chi connectivity index (χ1) is 9.04. The van der Waals surface area contributed by atoms with E-state index in [1.807, 2.05) is 13.8 Å². The number of aromatic nitrogens is 2. The van der Waals surface area contributed by atoms with Gasteiger partial charge in [0, 0.05) is 16.6 Å². The lowest BCUT2D eigenvalue weighted by Gasteiger charge is -2.11. The Morgan fingerprint density at radius 1 is 1.32 bits per heavy atom. The van der Waals surface area contributed by atoms with Crippen molar-refractivity contribution in [3.8, 4) is 5.75 Å². The second kappa shape index (κ2) is 5.45. The summed E-state index contributed by atoms with van der Waals surface area (Å²) in [6, 6.07) is 6.85. The van der Waals surface area contributed by atoms with E-state index in [2.05, 4.69) is 5.10 Å². The van der Waals surface area contributed by atoms with Crippen molar-refractivity contribution in [1.82, 2.24) is 9.78 Å². The van der Waals surface area contributed by atoms with E-state index in [-0.39, 0.29) is 11.8 Å². The molecule has 0 fully saturated rings. The molecule has 1 aromatic heterocycles. The van der Waals surface area contributed by atoms with Crippen molar-refractivity contribution in [2.75, 3.05) is 7.11 Å². The molecule has 4 nitrogen and oxygen atoms in total. The summed E-state index contributed by atoms with van der Waals surface area (Å²) < 4.78 is 6.87. The molecule has 0 aliphatic rings. The maximum Gasteiger partial charge on any atom is 0.214 e. The van der Waals surface area contributed by atoms with Crippen LogP contribution in [0.1, 0.15) is 35.9 Å². The molecule has 0 aliphatic heterocycles. The van der Waals surface area contributed by atoms with Crippen molar-refractivity contribution in [2.24, 2.45) is 0 Å². The molecule has 2 rings (SSSR count). The molecule has 1 aromatic carbocycles. The molecule has 0 spiro atoms. The van der Waals surface area contributed by atoms with Crippen molar-refractivity contribution in [2.45, 2.75) is 19.9 Å². The molecular formula is C14H15ClN2O2. The normalized spacial score (nSPS) is 10.8. The Balaban J connectivity index is 2.48. The van der Waals surface area contributed by atoms with Crippen LogP contribution in [0.3, 0.4) is 0 Å². The van der Waals surface area contributed by atoms with Crippen LogP contribution >= 0.6 is 11.6 Å². The van der Waals surface area contributed by atoms with Crippen molar-refractivity contribution in [3.05, 3.63) is 46.7 Å². The predicted octanol–water partition coefficient (Wildman–Crippen LogP) is 3.36. The first kappa shape index (κ1) is 13.6. The first-order valence-corrected chi connectivity index (χ1v) is 6.34. The molecule has 19 heavy (non-hydrogen) atoms. The van der Waals surface area contributed by atoms with Crippen LogP contribution in [0.5, 0.6) is 5.75 Å². The van der Waals surface area contributed by atoms with E-state index >= 15 is 0 Å². The number of hydrogen-bond donors (Lipinski definition) is 0. The van der Waals surface area contributed by atoms with Gasteiger partial charge in [-0.05, 0) is 38.1 Å². The molecule has 0 saturated carbocycles. The zero-order valence-corrected chi connectivity index (χ0v) is 11.8. The maximum absolute atomic E-state index is 12.5. The monoisotopic (exact) mass is 278 g/mol. The highest BCUT2D eigenvalue weighted by atomic mass is 35.5. The van der Waals surface area contributed by atoms with Crippen LogP contribution in [0.25, 0.3) is 0 Å². The molecule has 0 bridgehead atoms. The molecule has 2 aromatic rings. The van der Waals surface area contributed by atoms with E-state index in [9.17, 15) is 4.79 Å². The van der Waals surface area contributed by atoms with Gasteiger partial charge in [-0.25, -0.2) is 0 Å². The number of methoxy groups -OCH3 is 1. The van der Waals surface area contributed by atoms with E-state index in [1.165, 1.54) is 7.11 Å². The van der Waals surface area contributed by atoms with Crippen molar-refractivity contribution >= 4 is 17.4 Å². The van der Waals surface area contributed by atoms with Gasteiger partial charge in [-0.1, -0.05) is 11.6 Å². The summed E-state index contributed by atoms with van der Waals surface area (Å²) in [5.74, 6) is 0.355. The summed E-state index contributed by atoms with van der Waals surface area (Å²) in [7, 11) is 1.53. The molecule has 5 heteroatoms. The van der Waals surface area contributed by atoms with Crippen molar-refractivity contribution in [1.29, 1.82) is 0 Å². The fourth-order valence-corrected chi connectivity index (χ4v) is 1.97. The van der Waals surface area contributed by atoms with Crippen LogP contribution in [-0.2, 0) is 0 Å². The molecule has 100 valence electrons. The van der Waals surface area contributed by atoms with Crippen LogP contribution in [0, 0.1) is 0 Å². The second-order valence-electron chi connectivity index (χ2n) is 4.44. The fraction of sp³-hybridized carbons (Fsp3) is 0.286. The quantitative estimate of drug-likeness (QED) is 0.806. The molecule has 0 aliphatic carbocycles. The van der Waals surface area contributed by atoms with Gasteiger partial charge in [-0.2, -0.15) is 5.10 Å². The van der Waals surface area contributed by atoms with Crippen molar-refractivity contribution < 1.29 is 9.53 Å². The van der Waals surface area contributed by atoms with Crippen LogP contribution in [0.4, 0.5) is 0 Å². The van der Waals surface area contributed by atoms with Crippen LogP contribution in [0.2, 0.25) is 5.02 Å². The predicted molar refractivity (Wildman–Crippen MR) is 74.0 cm³/mol. The van der Waals surface area contributed by atoms with Gasteiger partial charge in [-0.3, -0.25) is 9.48 Å². The maximum atomic E-state index is 12.5. The number of carbonyl (C=O) groups excluding carboxylic acids is 1. The van der Waals surface area contributed by atoms with E-state index < -0.39 is 0 Å². The number of nitrogens with zero attached hydrogens (tertiary/aromatic N) is 2. The number of rotatable bonds is 4. The Kier molecular flexibility index (Phi) is 3.90. The minimum Gasteiger partial charge on any atom is -0.493 e. The summed E-state index contributed by atoms with van der Waals surface area (Å²) in [6.07, 6.45) is 1.56. The number of ether oxygens (including phenoxy) is 1. The molecule has 0 atom stereocenters. The van der Waals surface area contributed by atoms with Gasteiger partial charge in [-0.15, -0.1) is 0 Å². The minimum absolute atomic E-state index is 0.0788. The average Bonchev–Trinajstić information content (AvgIpc) is 2.82. The summed E-state index contributed by atoms with van der Waals surface area (Å²) in [5, 5.41) is 4.79. The summed E-state index contributed by atoms with van der Waals surface area (Å²) in [5.41, 5.74) is 1.02. The van der Waals surface area contributed by atoms with Gasteiger partial charge >= 0.3 is 0 Å². The third-order valence-electron chi connectivity index (χ3n) is 2.79. The van der Waals surface area contributed by atoms with Gasteiger partial charge in [0.25, 0.3) is 0 Å². The van der Waals surface area contributed by atoms with Gasteiger partial charge in [0.2, 0.25) is 5.78 Å². The Bertz CT molecular complexity index is 588. The Morgan fingerprint density at radius 2 is 1.95 bits per heavy atom. The van der Waals surface area contributed by atoms with Crippen LogP contribution < -0.4 is 4.74 Å². The van der Waals surface area contributed by atoms with E-state index in [0.29, 0.717) is 22.0 Å². The fourth-order valence-electron chi connectivity index (χ4n) is 1.84. The lowest BCUT2D eigenvalue weighted by atomic mass is 10.1. The second-order valence-corrected chi connectivity index (χ2v) is 4.87. The lowest BCUT2D eigenvalue weighted by molar-refractivity contribution is 0.102. The van der Waals surface area contributed by atoms with Gasteiger partial charge < -0.3 is 4.74 Å². The number of hydrogen-bond acceptors (Lipinski definition) is 3. The standard InChI is InChI=1S/C14H15ClN2O2/c1-9(2)17-13(12(19-3)8-16-17)14(18)10-4-6-11(15)7-5-10/h4-9H,1-3H3. The SMILES string of the molecule is COc1cnn(C(C)C)c1C(=O)c1ccc(Cl)cc1. The van der Waals surface area contributed by atoms with Gasteiger partial charge in [0.15, 0.2) is 11.4 Å². The van der Waals surface area contributed by atoms with Gasteiger partial charge in [0.05, 0.1) is 13.3 Å². The Morgan fingerprint density at radius 3 is 2.47 bits per heavy atom. The Hall–Kier alpha value is -1.81. The zero-order chi connectivity index (χ0) is 14.0. The summed E-state index contributed by atoms with van der Waals surface area (Å²) in [4.78, 5) is 12.5.